The highest BCUT2D eigenvalue weighted by Crippen LogP contribution is 2.29. The number of hydrogen-bond acceptors (Lipinski definition) is 2. The Morgan fingerprint density at radius 1 is 0.950 bits per heavy atom. The van der Waals surface area contributed by atoms with Crippen molar-refractivity contribution in [1.82, 2.24) is 0 Å². The van der Waals surface area contributed by atoms with Gasteiger partial charge in [0.15, 0.2) is 0 Å². The van der Waals surface area contributed by atoms with E-state index in [9.17, 15) is 0 Å². The number of aliphatic imine (C=N–C) groups is 2. The van der Waals surface area contributed by atoms with Crippen LogP contribution in [0.15, 0.2) is 33.5 Å². The molecule has 0 saturated heterocycles. The van der Waals surface area contributed by atoms with Crippen LogP contribution >= 0.6 is 0 Å². The Kier molecular flexibility index (Phi) is 6.23. The Hall–Kier alpha value is -1.18. The maximum atomic E-state index is 4.61. The molecule has 1 atom stereocenters. The molecular formula is C18H28N2. The third-order valence-electron chi connectivity index (χ3n) is 4.31. The van der Waals surface area contributed by atoms with Crippen LogP contribution < -0.4 is 0 Å². The van der Waals surface area contributed by atoms with E-state index < -0.39 is 0 Å². The van der Waals surface area contributed by atoms with Gasteiger partial charge in [-0.25, -0.2) is 0 Å². The first kappa shape index (κ1) is 15.2. The highest BCUT2D eigenvalue weighted by Gasteiger charge is 2.22. The summed E-state index contributed by atoms with van der Waals surface area (Å²) < 4.78 is 0. The first-order valence-electron chi connectivity index (χ1n) is 8.36. The van der Waals surface area contributed by atoms with Crippen LogP contribution in [0.1, 0.15) is 71.6 Å². The molecule has 0 amide bonds. The van der Waals surface area contributed by atoms with E-state index in [0.29, 0.717) is 0 Å². The van der Waals surface area contributed by atoms with Gasteiger partial charge in [0.1, 0.15) is 0 Å². The van der Waals surface area contributed by atoms with Gasteiger partial charge in [0, 0.05) is 29.8 Å². The molecule has 0 N–H and O–H groups in total. The molecule has 0 aromatic carbocycles. The summed E-state index contributed by atoms with van der Waals surface area (Å²) >= 11 is 0. The van der Waals surface area contributed by atoms with Crippen molar-refractivity contribution in [3.05, 3.63) is 23.5 Å². The molecular weight excluding hydrogens is 244 g/mol. The van der Waals surface area contributed by atoms with Gasteiger partial charge in [0.05, 0.1) is 5.71 Å². The van der Waals surface area contributed by atoms with Crippen molar-refractivity contribution in [3.8, 4) is 0 Å². The average molecular weight is 272 g/mol. The molecule has 2 aliphatic heterocycles. The van der Waals surface area contributed by atoms with Gasteiger partial charge in [-0.3, -0.25) is 9.98 Å². The van der Waals surface area contributed by atoms with Crippen LogP contribution in [-0.4, -0.2) is 11.9 Å². The van der Waals surface area contributed by atoms with E-state index in [-0.39, 0.29) is 0 Å². The van der Waals surface area contributed by atoms with Crippen LogP contribution in [0.3, 0.4) is 0 Å². The standard InChI is InChI=1S/C18H28N2/c1-3-5-7-8-10-15(9-6-4-2)11-18-17-14-19-12-16(17)13-20-18/h12-15H,3-11H2,1-2H3. The second-order valence-corrected chi connectivity index (χ2v) is 6.04. The van der Waals surface area contributed by atoms with E-state index in [1.165, 1.54) is 68.2 Å². The zero-order valence-corrected chi connectivity index (χ0v) is 13.1. The van der Waals surface area contributed by atoms with Gasteiger partial charge in [-0.15, -0.1) is 0 Å². The monoisotopic (exact) mass is 272 g/mol. The van der Waals surface area contributed by atoms with Gasteiger partial charge >= 0.3 is 0 Å². The second-order valence-electron chi connectivity index (χ2n) is 6.04. The Morgan fingerprint density at radius 2 is 1.75 bits per heavy atom. The molecule has 1 unspecified atom stereocenters. The van der Waals surface area contributed by atoms with Crippen LogP contribution in [-0.2, 0) is 0 Å². The molecule has 0 saturated carbocycles. The van der Waals surface area contributed by atoms with E-state index in [4.69, 9.17) is 0 Å². The fourth-order valence-electron chi connectivity index (χ4n) is 3.03. The van der Waals surface area contributed by atoms with E-state index in [2.05, 4.69) is 23.8 Å². The van der Waals surface area contributed by atoms with Gasteiger partial charge < -0.3 is 0 Å². The predicted octanol–water partition coefficient (Wildman–Crippen LogP) is 5.46. The number of fused-ring (bicyclic) bond motifs is 1. The van der Waals surface area contributed by atoms with Crippen molar-refractivity contribution in [2.24, 2.45) is 15.9 Å². The van der Waals surface area contributed by atoms with E-state index in [1.807, 2.05) is 18.6 Å². The minimum Gasteiger partial charge on any atom is -0.263 e. The maximum absolute atomic E-state index is 4.61. The summed E-state index contributed by atoms with van der Waals surface area (Å²) in [5.74, 6) is 0.805. The van der Waals surface area contributed by atoms with Gasteiger partial charge in [-0.05, 0) is 12.3 Å². The highest BCUT2D eigenvalue weighted by atomic mass is 14.8. The third-order valence-corrected chi connectivity index (χ3v) is 4.31. The number of nitrogens with zero attached hydrogens (tertiary/aromatic N) is 2. The minimum atomic E-state index is 0.805. The first-order valence-corrected chi connectivity index (χ1v) is 8.36. The van der Waals surface area contributed by atoms with Crippen molar-refractivity contribution < 1.29 is 0 Å². The normalized spacial score (nSPS) is 17.8. The van der Waals surface area contributed by atoms with Crippen LogP contribution in [0, 0.1) is 5.92 Å². The van der Waals surface area contributed by atoms with Crippen molar-refractivity contribution >= 4 is 11.9 Å². The smallest absolute Gasteiger partial charge is 0.0501 e. The summed E-state index contributed by atoms with van der Waals surface area (Å²) in [4.78, 5) is 8.85. The molecule has 0 aromatic rings. The number of rotatable bonds is 10. The maximum Gasteiger partial charge on any atom is 0.0501 e. The van der Waals surface area contributed by atoms with Gasteiger partial charge in [-0.1, -0.05) is 65.2 Å². The summed E-state index contributed by atoms with van der Waals surface area (Å²) in [5.41, 5.74) is 3.76. The molecule has 0 fully saturated rings. The number of unbranched alkanes of at least 4 members (excludes halogenated alkanes) is 4. The zero-order valence-electron chi connectivity index (χ0n) is 13.1. The highest BCUT2D eigenvalue weighted by molar-refractivity contribution is 6.14. The fourth-order valence-corrected chi connectivity index (χ4v) is 3.03. The molecule has 0 radical (unpaired) electrons. The second kappa shape index (κ2) is 8.18. The Morgan fingerprint density at radius 3 is 2.55 bits per heavy atom. The van der Waals surface area contributed by atoms with E-state index in [0.717, 1.165) is 12.3 Å². The van der Waals surface area contributed by atoms with Crippen LogP contribution in [0.25, 0.3) is 0 Å². The lowest BCUT2D eigenvalue weighted by molar-refractivity contribution is 0.424. The summed E-state index contributed by atoms with van der Waals surface area (Å²) in [6.07, 6.45) is 17.9. The summed E-state index contributed by atoms with van der Waals surface area (Å²) in [5, 5.41) is 0. The lowest BCUT2D eigenvalue weighted by atomic mass is 9.88. The Labute approximate surface area is 123 Å². The molecule has 2 heterocycles. The van der Waals surface area contributed by atoms with Crippen molar-refractivity contribution in [2.45, 2.75) is 71.6 Å². The lowest BCUT2D eigenvalue weighted by Crippen LogP contribution is -2.10. The molecule has 2 nitrogen and oxygen atoms in total. The summed E-state index contributed by atoms with van der Waals surface area (Å²) in [7, 11) is 0. The van der Waals surface area contributed by atoms with Crippen LogP contribution in [0.2, 0.25) is 0 Å². The molecule has 110 valence electrons. The molecule has 20 heavy (non-hydrogen) atoms. The molecule has 0 spiro atoms. The molecule has 2 rings (SSSR count). The predicted molar refractivity (Wildman–Crippen MR) is 88.5 cm³/mol. The molecule has 2 heteroatoms. The van der Waals surface area contributed by atoms with Gasteiger partial charge in [-0.2, -0.15) is 0 Å². The zero-order chi connectivity index (χ0) is 14.2. The quantitative estimate of drug-likeness (QED) is 0.472. The number of allylic oxidation sites excluding steroid dienone is 2. The largest absolute Gasteiger partial charge is 0.263 e. The minimum absolute atomic E-state index is 0.805. The Bertz CT molecular complexity index is 427. The number of hydrogen-bond donors (Lipinski definition) is 0. The van der Waals surface area contributed by atoms with E-state index in [1.54, 1.807) is 0 Å². The van der Waals surface area contributed by atoms with Crippen molar-refractivity contribution in [1.29, 1.82) is 0 Å². The molecule has 2 aliphatic rings. The van der Waals surface area contributed by atoms with Gasteiger partial charge in [0.25, 0.3) is 0 Å². The molecule has 0 bridgehead atoms. The van der Waals surface area contributed by atoms with Gasteiger partial charge in [0.2, 0.25) is 0 Å². The Balaban J connectivity index is 1.81. The average Bonchev–Trinajstić information content (AvgIpc) is 3.05. The summed E-state index contributed by atoms with van der Waals surface area (Å²) in [6, 6.07) is 0. The van der Waals surface area contributed by atoms with Crippen LogP contribution in [0.5, 0.6) is 0 Å². The van der Waals surface area contributed by atoms with Crippen molar-refractivity contribution in [2.75, 3.05) is 0 Å². The fraction of sp³-hybridized carbons (Fsp3) is 0.667. The summed E-state index contributed by atoms with van der Waals surface area (Å²) in [6.45, 7) is 4.57. The molecule has 0 aliphatic carbocycles. The first-order chi connectivity index (χ1) is 9.85. The van der Waals surface area contributed by atoms with E-state index >= 15 is 0 Å². The topological polar surface area (TPSA) is 24.7 Å². The SMILES string of the molecule is CCCCCCC(CCCC)CC1=NC=C2C=NC=C21. The van der Waals surface area contributed by atoms with Crippen LogP contribution in [0.4, 0.5) is 0 Å². The lowest BCUT2D eigenvalue weighted by Gasteiger charge is -2.17. The molecule has 0 aromatic heterocycles. The third kappa shape index (κ3) is 4.16. The van der Waals surface area contributed by atoms with Crippen molar-refractivity contribution in [3.63, 3.8) is 0 Å².